The van der Waals surface area contributed by atoms with E-state index in [1.807, 2.05) is 37.3 Å². The molecule has 2 aromatic rings. The molecule has 0 aliphatic heterocycles. The normalized spacial score (nSPS) is 11.9. The van der Waals surface area contributed by atoms with Gasteiger partial charge in [-0.15, -0.1) is 0 Å². The Labute approximate surface area is 136 Å². The van der Waals surface area contributed by atoms with Crippen molar-refractivity contribution in [3.63, 3.8) is 0 Å². The molecular formula is C18H22FN3O. The lowest BCUT2D eigenvalue weighted by atomic mass is 9.94. The predicted octanol–water partition coefficient (Wildman–Crippen LogP) is 4.18. The van der Waals surface area contributed by atoms with E-state index in [1.165, 1.54) is 7.05 Å². The van der Waals surface area contributed by atoms with Gasteiger partial charge in [0.15, 0.2) is 0 Å². The summed E-state index contributed by atoms with van der Waals surface area (Å²) in [5, 5.41) is 6.76. The van der Waals surface area contributed by atoms with Crippen molar-refractivity contribution >= 4 is 17.2 Å². The van der Waals surface area contributed by atoms with Crippen LogP contribution < -0.4 is 5.32 Å². The second kappa shape index (κ2) is 6.77. The lowest BCUT2D eigenvalue weighted by molar-refractivity contribution is 0.102. The molecule has 0 aliphatic rings. The number of hydrogen-bond donors (Lipinski definition) is 1. The molecule has 5 heteroatoms. The molecule has 1 amide bonds. The van der Waals surface area contributed by atoms with Gasteiger partial charge in [0, 0.05) is 18.3 Å². The van der Waals surface area contributed by atoms with Crippen molar-refractivity contribution in [1.82, 2.24) is 9.78 Å². The molecule has 0 aliphatic carbocycles. The lowest BCUT2D eigenvalue weighted by Gasteiger charge is -2.16. The molecule has 0 bridgehead atoms. The van der Waals surface area contributed by atoms with Crippen LogP contribution in [0.5, 0.6) is 0 Å². The van der Waals surface area contributed by atoms with Gasteiger partial charge in [0.1, 0.15) is 5.56 Å². The summed E-state index contributed by atoms with van der Waals surface area (Å²) >= 11 is 0. The van der Waals surface area contributed by atoms with Gasteiger partial charge in [0.25, 0.3) is 5.91 Å². The number of hydrogen-bond acceptors (Lipinski definition) is 2. The summed E-state index contributed by atoms with van der Waals surface area (Å²) in [5.74, 6) is -0.803. The van der Waals surface area contributed by atoms with Crippen molar-refractivity contribution < 1.29 is 9.18 Å². The summed E-state index contributed by atoms with van der Waals surface area (Å²) in [7, 11) is 1.48. The van der Waals surface area contributed by atoms with E-state index < -0.39 is 11.9 Å². The number of carbonyl (C=O) groups excluding carboxylic acids is 1. The zero-order valence-corrected chi connectivity index (χ0v) is 14.1. The SMILES string of the molecule is C/C=C(/c1ccccc1NC(=O)c1c(C)nn(C)c1F)C(C)C. The zero-order valence-electron chi connectivity index (χ0n) is 14.1. The van der Waals surface area contributed by atoms with Gasteiger partial charge < -0.3 is 5.32 Å². The summed E-state index contributed by atoms with van der Waals surface area (Å²) < 4.78 is 15.1. The van der Waals surface area contributed by atoms with Gasteiger partial charge in [-0.25, -0.2) is 4.68 Å². The molecule has 4 nitrogen and oxygen atoms in total. The molecule has 0 radical (unpaired) electrons. The summed E-state index contributed by atoms with van der Waals surface area (Å²) in [5.41, 5.74) is 3.09. The molecule has 1 N–H and O–H groups in total. The van der Waals surface area contributed by atoms with Crippen LogP contribution >= 0.6 is 0 Å². The topological polar surface area (TPSA) is 46.9 Å². The average molecular weight is 315 g/mol. The highest BCUT2D eigenvalue weighted by Gasteiger charge is 2.21. The van der Waals surface area contributed by atoms with E-state index in [1.54, 1.807) is 6.92 Å². The number of nitrogens with zero attached hydrogens (tertiary/aromatic N) is 2. The fraction of sp³-hybridized carbons (Fsp3) is 0.333. The van der Waals surface area contributed by atoms with Gasteiger partial charge in [-0.1, -0.05) is 38.1 Å². The van der Waals surface area contributed by atoms with Crippen molar-refractivity contribution in [3.8, 4) is 0 Å². The number of anilines is 1. The third-order valence-electron chi connectivity index (χ3n) is 3.80. The first-order chi connectivity index (χ1) is 10.9. The van der Waals surface area contributed by atoms with Crippen molar-refractivity contribution in [2.75, 3.05) is 5.32 Å². The fourth-order valence-electron chi connectivity index (χ4n) is 2.72. The minimum atomic E-state index is -0.632. The van der Waals surface area contributed by atoms with Crippen molar-refractivity contribution in [2.24, 2.45) is 13.0 Å². The smallest absolute Gasteiger partial charge is 0.262 e. The van der Waals surface area contributed by atoms with Crippen LogP contribution in [0.25, 0.3) is 5.57 Å². The average Bonchev–Trinajstić information content (AvgIpc) is 2.74. The van der Waals surface area contributed by atoms with E-state index in [2.05, 4.69) is 24.3 Å². The van der Waals surface area contributed by atoms with Gasteiger partial charge in [-0.05, 0) is 31.4 Å². The second-order valence-corrected chi connectivity index (χ2v) is 5.77. The maximum atomic E-state index is 14.1. The van der Waals surface area contributed by atoms with E-state index in [0.29, 0.717) is 17.3 Å². The fourth-order valence-corrected chi connectivity index (χ4v) is 2.72. The number of aromatic nitrogens is 2. The number of rotatable bonds is 4. The molecule has 0 atom stereocenters. The van der Waals surface area contributed by atoms with Gasteiger partial charge in [-0.3, -0.25) is 4.79 Å². The van der Waals surface area contributed by atoms with Crippen LogP contribution in [0.4, 0.5) is 10.1 Å². The Morgan fingerprint density at radius 2 is 2.00 bits per heavy atom. The molecule has 0 saturated heterocycles. The summed E-state index contributed by atoms with van der Waals surface area (Å²) in [6.07, 6.45) is 2.03. The minimum absolute atomic E-state index is 0.0196. The first-order valence-electron chi connectivity index (χ1n) is 7.62. The van der Waals surface area contributed by atoms with Gasteiger partial charge in [0.05, 0.1) is 5.69 Å². The van der Waals surface area contributed by atoms with E-state index in [-0.39, 0.29) is 5.56 Å². The predicted molar refractivity (Wildman–Crippen MR) is 90.8 cm³/mol. The minimum Gasteiger partial charge on any atom is -0.321 e. The van der Waals surface area contributed by atoms with E-state index in [9.17, 15) is 9.18 Å². The van der Waals surface area contributed by atoms with Crippen LogP contribution in [0.15, 0.2) is 30.3 Å². The van der Waals surface area contributed by atoms with Crippen molar-refractivity contribution in [2.45, 2.75) is 27.7 Å². The van der Waals surface area contributed by atoms with Crippen LogP contribution in [0.2, 0.25) is 0 Å². The highest BCUT2D eigenvalue weighted by atomic mass is 19.1. The third kappa shape index (κ3) is 3.33. The van der Waals surface area contributed by atoms with Gasteiger partial charge in [0.2, 0.25) is 5.95 Å². The highest BCUT2D eigenvalue weighted by molar-refractivity contribution is 6.06. The molecule has 122 valence electrons. The standard InChI is InChI=1S/C18H22FN3O/c1-6-13(11(2)3)14-9-7-8-10-15(14)20-18(23)16-12(4)21-22(5)17(16)19/h6-11H,1-5H3,(H,20,23)/b13-6+. The van der Waals surface area contributed by atoms with E-state index in [0.717, 1.165) is 15.8 Å². The first kappa shape index (κ1) is 16.9. The van der Waals surface area contributed by atoms with Crippen LogP contribution in [0.3, 0.4) is 0 Å². The number of carbonyl (C=O) groups is 1. The van der Waals surface area contributed by atoms with Crippen molar-refractivity contribution in [3.05, 3.63) is 53.1 Å². The Balaban J connectivity index is 2.40. The van der Waals surface area contributed by atoms with Gasteiger partial charge >= 0.3 is 0 Å². The number of amides is 1. The molecule has 1 aromatic carbocycles. The maximum Gasteiger partial charge on any atom is 0.262 e. The Kier molecular flexibility index (Phi) is 4.98. The third-order valence-corrected chi connectivity index (χ3v) is 3.80. The van der Waals surface area contributed by atoms with Crippen LogP contribution in [-0.4, -0.2) is 15.7 Å². The zero-order chi connectivity index (χ0) is 17.1. The Morgan fingerprint density at radius 3 is 2.52 bits per heavy atom. The number of aryl methyl sites for hydroxylation is 2. The molecule has 0 unspecified atom stereocenters. The number of benzene rings is 1. The molecule has 0 fully saturated rings. The molecule has 1 heterocycles. The molecule has 2 rings (SSSR count). The quantitative estimate of drug-likeness (QED) is 0.920. The Bertz CT molecular complexity index is 760. The monoisotopic (exact) mass is 315 g/mol. The van der Waals surface area contributed by atoms with Crippen LogP contribution in [0, 0.1) is 18.8 Å². The number of halogens is 1. The van der Waals surface area contributed by atoms with E-state index >= 15 is 0 Å². The lowest BCUT2D eigenvalue weighted by Crippen LogP contribution is -2.16. The molecule has 1 aromatic heterocycles. The molecule has 23 heavy (non-hydrogen) atoms. The first-order valence-corrected chi connectivity index (χ1v) is 7.62. The van der Waals surface area contributed by atoms with Crippen LogP contribution in [-0.2, 0) is 7.05 Å². The molecular weight excluding hydrogens is 293 g/mol. The summed E-state index contributed by atoms with van der Waals surface area (Å²) in [6, 6.07) is 7.55. The highest BCUT2D eigenvalue weighted by Crippen LogP contribution is 2.29. The second-order valence-electron chi connectivity index (χ2n) is 5.77. The number of allylic oxidation sites excluding steroid dienone is 2. The molecule has 0 saturated carbocycles. The Hall–Kier alpha value is -2.43. The van der Waals surface area contributed by atoms with Crippen LogP contribution in [0.1, 0.15) is 42.4 Å². The number of para-hydroxylation sites is 1. The summed E-state index contributed by atoms with van der Waals surface area (Å²) in [6.45, 7) is 7.78. The van der Waals surface area contributed by atoms with Crippen molar-refractivity contribution in [1.29, 1.82) is 0 Å². The maximum absolute atomic E-state index is 14.1. The van der Waals surface area contributed by atoms with Gasteiger partial charge in [-0.2, -0.15) is 9.49 Å². The number of nitrogens with one attached hydrogen (secondary N) is 1. The van der Waals surface area contributed by atoms with E-state index in [4.69, 9.17) is 0 Å². The summed E-state index contributed by atoms with van der Waals surface area (Å²) in [4.78, 5) is 12.5. The molecule has 0 spiro atoms. The Morgan fingerprint density at radius 1 is 1.35 bits per heavy atom. The largest absolute Gasteiger partial charge is 0.321 e.